The van der Waals surface area contributed by atoms with Crippen molar-refractivity contribution in [3.8, 4) is 0 Å². The lowest BCUT2D eigenvalue weighted by atomic mass is 10.0. The van der Waals surface area contributed by atoms with Gasteiger partial charge in [-0.2, -0.15) is 0 Å². The number of aromatic carboxylic acids is 1. The van der Waals surface area contributed by atoms with Gasteiger partial charge >= 0.3 is 5.97 Å². The second kappa shape index (κ2) is 6.21. The topological polar surface area (TPSA) is 54.7 Å². The van der Waals surface area contributed by atoms with Gasteiger partial charge in [0.1, 0.15) is 5.69 Å². The molecule has 1 fully saturated rings. The maximum absolute atomic E-state index is 11.1. The Morgan fingerprint density at radius 1 is 1.53 bits per heavy atom. The van der Waals surface area contributed by atoms with E-state index in [4.69, 9.17) is 9.84 Å². The zero-order valence-electron chi connectivity index (χ0n) is 11.6. The van der Waals surface area contributed by atoms with Gasteiger partial charge in [-0.15, -0.1) is 0 Å². The molecule has 1 N–H and O–H groups in total. The lowest BCUT2D eigenvalue weighted by molar-refractivity contribution is 0.0653. The van der Waals surface area contributed by atoms with Gasteiger partial charge in [0.15, 0.2) is 0 Å². The Bertz CT molecular complexity index is 422. The molecule has 5 heteroatoms. The van der Waals surface area contributed by atoms with Crippen molar-refractivity contribution in [1.29, 1.82) is 0 Å². The van der Waals surface area contributed by atoms with Gasteiger partial charge in [-0.3, -0.25) is 4.90 Å². The Labute approximate surface area is 113 Å². The van der Waals surface area contributed by atoms with E-state index in [9.17, 15) is 4.79 Å². The summed E-state index contributed by atoms with van der Waals surface area (Å²) in [7, 11) is 1.72. The van der Waals surface area contributed by atoms with Crippen LogP contribution in [0.25, 0.3) is 0 Å². The largest absolute Gasteiger partial charge is 0.477 e. The van der Waals surface area contributed by atoms with Gasteiger partial charge in [-0.1, -0.05) is 0 Å². The van der Waals surface area contributed by atoms with Crippen molar-refractivity contribution in [1.82, 2.24) is 9.47 Å². The van der Waals surface area contributed by atoms with Gasteiger partial charge in [0, 0.05) is 38.5 Å². The smallest absolute Gasteiger partial charge is 0.352 e. The van der Waals surface area contributed by atoms with Crippen LogP contribution in [-0.4, -0.2) is 53.4 Å². The van der Waals surface area contributed by atoms with Crippen LogP contribution >= 0.6 is 0 Å². The van der Waals surface area contributed by atoms with Crippen LogP contribution < -0.4 is 0 Å². The number of nitrogens with zero attached hydrogens (tertiary/aromatic N) is 2. The summed E-state index contributed by atoms with van der Waals surface area (Å²) < 4.78 is 7.09. The van der Waals surface area contributed by atoms with E-state index in [1.807, 2.05) is 16.8 Å². The number of carboxylic acid groups (broad SMARTS) is 1. The summed E-state index contributed by atoms with van der Waals surface area (Å²) in [5.74, 6) is -0.847. The average Bonchev–Trinajstić information content (AvgIpc) is 2.88. The molecular weight excluding hydrogens is 244 g/mol. The van der Waals surface area contributed by atoms with E-state index < -0.39 is 5.97 Å². The maximum Gasteiger partial charge on any atom is 0.352 e. The molecule has 1 unspecified atom stereocenters. The highest BCUT2D eigenvalue weighted by molar-refractivity contribution is 5.85. The molecule has 0 saturated carbocycles. The van der Waals surface area contributed by atoms with Gasteiger partial charge < -0.3 is 14.4 Å². The molecule has 0 aliphatic carbocycles. The molecule has 106 valence electrons. The predicted octanol–water partition coefficient (Wildman–Crippen LogP) is 1.86. The van der Waals surface area contributed by atoms with Crippen molar-refractivity contribution in [3.05, 3.63) is 24.0 Å². The minimum absolute atomic E-state index is 0.298. The molecule has 19 heavy (non-hydrogen) atoms. The number of hydrogen-bond donors (Lipinski definition) is 1. The zero-order valence-corrected chi connectivity index (χ0v) is 11.6. The number of carboxylic acids is 1. The molecule has 0 radical (unpaired) electrons. The highest BCUT2D eigenvalue weighted by atomic mass is 16.5. The number of likely N-dealkylation sites (tertiary alicyclic amines) is 1. The molecule has 2 heterocycles. The Balaban J connectivity index is 1.96. The second-order valence-corrected chi connectivity index (χ2v) is 5.18. The van der Waals surface area contributed by atoms with Crippen LogP contribution in [0.3, 0.4) is 0 Å². The summed E-state index contributed by atoms with van der Waals surface area (Å²) in [6, 6.07) is 4.20. The fraction of sp³-hybridized carbons (Fsp3) is 0.643. The average molecular weight is 266 g/mol. The van der Waals surface area contributed by atoms with E-state index >= 15 is 0 Å². The first-order chi connectivity index (χ1) is 9.13. The van der Waals surface area contributed by atoms with E-state index in [0.717, 1.165) is 32.5 Å². The number of ether oxygens (including phenoxy) is 1. The molecule has 0 aromatic carbocycles. The van der Waals surface area contributed by atoms with Crippen LogP contribution in [0.4, 0.5) is 0 Å². The van der Waals surface area contributed by atoms with Crippen LogP contribution in [0.15, 0.2) is 18.3 Å². The molecule has 1 aromatic rings. The molecule has 0 amide bonds. The summed E-state index contributed by atoms with van der Waals surface area (Å²) >= 11 is 0. The number of methoxy groups -OCH3 is 1. The number of aromatic nitrogens is 1. The van der Waals surface area contributed by atoms with Crippen LogP contribution in [-0.2, 0) is 4.74 Å². The highest BCUT2D eigenvalue weighted by Crippen LogP contribution is 2.25. The first-order valence-corrected chi connectivity index (χ1v) is 6.76. The van der Waals surface area contributed by atoms with Gasteiger partial charge in [-0.25, -0.2) is 4.79 Å². The molecule has 1 aromatic heterocycles. The maximum atomic E-state index is 11.1. The van der Waals surface area contributed by atoms with E-state index in [1.165, 1.54) is 0 Å². The van der Waals surface area contributed by atoms with Crippen molar-refractivity contribution in [3.63, 3.8) is 0 Å². The van der Waals surface area contributed by atoms with Crippen molar-refractivity contribution >= 4 is 5.97 Å². The highest BCUT2D eigenvalue weighted by Gasteiger charge is 2.25. The minimum Gasteiger partial charge on any atom is -0.477 e. The Kier molecular flexibility index (Phi) is 4.61. The molecule has 2 rings (SSSR count). The van der Waals surface area contributed by atoms with Crippen LogP contribution in [0.2, 0.25) is 0 Å². The third kappa shape index (κ3) is 3.16. The molecule has 1 aliphatic heterocycles. The van der Waals surface area contributed by atoms with Crippen molar-refractivity contribution in [2.45, 2.75) is 31.8 Å². The molecule has 0 spiro atoms. The van der Waals surface area contributed by atoms with Crippen LogP contribution in [0, 0.1) is 0 Å². The van der Waals surface area contributed by atoms with Gasteiger partial charge in [0.05, 0.1) is 6.61 Å². The van der Waals surface area contributed by atoms with Crippen molar-refractivity contribution < 1.29 is 14.6 Å². The lowest BCUT2D eigenvalue weighted by Gasteiger charge is -2.36. The third-order valence-electron chi connectivity index (χ3n) is 3.92. The van der Waals surface area contributed by atoms with Crippen molar-refractivity contribution in [2.75, 3.05) is 26.8 Å². The minimum atomic E-state index is -0.847. The number of carbonyl (C=O) groups is 1. The molecule has 5 nitrogen and oxygen atoms in total. The number of rotatable bonds is 5. The quantitative estimate of drug-likeness (QED) is 0.884. The van der Waals surface area contributed by atoms with E-state index in [0.29, 0.717) is 17.8 Å². The second-order valence-electron chi connectivity index (χ2n) is 5.18. The molecule has 1 atom stereocenters. The summed E-state index contributed by atoms with van der Waals surface area (Å²) in [5, 5.41) is 9.15. The summed E-state index contributed by atoms with van der Waals surface area (Å²) in [6.07, 6.45) is 3.86. The van der Waals surface area contributed by atoms with Gasteiger partial charge in [0.25, 0.3) is 0 Å². The van der Waals surface area contributed by atoms with E-state index in [-0.39, 0.29) is 0 Å². The molecule has 1 aliphatic rings. The fourth-order valence-electron chi connectivity index (χ4n) is 2.84. The molecule has 1 saturated heterocycles. The first kappa shape index (κ1) is 14.1. The SMILES string of the molecule is COCC(C)N1CCC(n2cccc2C(=O)O)CC1. The zero-order chi connectivity index (χ0) is 13.8. The Morgan fingerprint density at radius 2 is 2.21 bits per heavy atom. The normalized spacial score (nSPS) is 19.5. The summed E-state index contributed by atoms with van der Waals surface area (Å²) in [5.41, 5.74) is 0.392. The number of hydrogen-bond acceptors (Lipinski definition) is 3. The Hall–Kier alpha value is -1.33. The van der Waals surface area contributed by atoms with Gasteiger partial charge in [0.2, 0.25) is 0 Å². The van der Waals surface area contributed by atoms with E-state index in [1.54, 1.807) is 13.2 Å². The predicted molar refractivity (Wildman–Crippen MR) is 72.6 cm³/mol. The number of piperidine rings is 1. The summed E-state index contributed by atoms with van der Waals surface area (Å²) in [4.78, 5) is 13.5. The van der Waals surface area contributed by atoms with Crippen molar-refractivity contribution in [2.24, 2.45) is 0 Å². The monoisotopic (exact) mass is 266 g/mol. The summed E-state index contributed by atoms with van der Waals surface area (Å²) in [6.45, 7) is 4.90. The molecule has 0 bridgehead atoms. The van der Waals surface area contributed by atoms with Gasteiger partial charge in [-0.05, 0) is 31.9 Å². The van der Waals surface area contributed by atoms with Crippen LogP contribution in [0.1, 0.15) is 36.3 Å². The Morgan fingerprint density at radius 3 is 2.79 bits per heavy atom. The third-order valence-corrected chi connectivity index (χ3v) is 3.92. The van der Waals surface area contributed by atoms with E-state index in [2.05, 4.69) is 11.8 Å². The van der Waals surface area contributed by atoms with Crippen LogP contribution in [0.5, 0.6) is 0 Å². The first-order valence-electron chi connectivity index (χ1n) is 6.76. The fourth-order valence-corrected chi connectivity index (χ4v) is 2.84. The lowest BCUT2D eigenvalue weighted by Crippen LogP contribution is -2.42. The molecular formula is C14H22N2O3. The standard InChI is InChI=1S/C14H22N2O3/c1-11(10-19-2)15-8-5-12(6-9-15)16-7-3-4-13(16)14(17)18/h3-4,7,11-12H,5-6,8-10H2,1-2H3,(H,17,18).